The van der Waals surface area contributed by atoms with Crippen molar-refractivity contribution >= 4 is 11.8 Å². The van der Waals surface area contributed by atoms with E-state index in [1.165, 1.54) is 12.1 Å². The van der Waals surface area contributed by atoms with E-state index in [0.717, 1.165) is 18.3 Å². The zero-order valence-electron chi connectivity index (χ0n) is 8.73. The van der Waals surface area contributed by atoms with Gasteiger partial charge in [0, 0.05) is 18.0 Å². The first-order valence-corrected chi connectivity index (χ1v) is 6.16. The maximum absolute atomic E-state index is 4.30. The highest BCUT2D eigenvalue weighted by Crippen LogP contribution is 2.33. The molecule has 0 amide bonds. The fourth-order valence-corrected chi connectivity index (χ4v) is 3.04. The van der Waals surface area contributed by atoms with Gasteiger partial charge in [-0.15, -0.1) is 11.8 Å². The Balaban J connectivity index is 2.13. The third-order valence-corrected chi connectivity index (χ3v) is 3.95. The van der Waals surface area contributed by atoms with E-state index in [1.54, 1.807) is 0 Å². The molecular formula is C10H17N3S. The number of hydrogen-bond donors (Lipinski definition) is 1. The van der Waals surface area contributed by atoms with Crippen molar-refractivity contribution in [3.8, 4) is 0 Å². The van der Waals surface area contributed by atoms with Crippen LogP contribution in [0.4, 0.5) is 0 Å². The molecule has 0 radical (unpaired) electrons. The van der Waals surface area contributed by atoms with Crippen LogP contribution in [0.25, 0.3) is 0 Å². The predicted octanol–water partition coefficient (Wildman–Crippen LogP) is 2.02. The summed E-state index contributed by atoms with van der Waals surface area (Å²) in [7, 11) is 0. The van der Waals surface area contributed by atoms with E-state index < -0.39 is 0 Å². The minimum atomic E-state index is 0.432. The molecule has 0 saturated carbocycles. The molecule has 1 fully saturated rings. The molecule has 2 unspecified atom stereocenters. The molecule has 0 aromatic carbocycles. The third-order valence-electron chi connectivity index (χ3n) is 2.57. The molecule has 0 aliphatic carbocycles. The number of aryl methyl sites for hydroxylation is 1. The van der Waals surface area contributed by atoms with Crippen LogP contribution >= 0.6 is 11.8 Å². The Kier molecular flexibility index (Phi) is 3.13. The van der Waals surface area contributed by atoms with Gasteiger partial charge in [0.2, 0.25) is 0 Å². The lowest BCUT2D eigenvalue weighted by atomic mass is 10.3. The smallest absolute Gasteiger partial charge is 0.0961 e. The lowest BCUT2D eigenvalue weighted by Gasteiger charge is -2.28. The summed E-state index contributed by atoms with van der Waals surface area (Å²) < 4.78 is 2.07. The van der Waals surface area contributed by atoms with Crippen molar-refractivity contribution in [2.45, 2.75) is 37.4 Å². The minimum absolute atomic E-state index is 0.432. The third kappa shape index (κ3) is 1.96. The van der Waals surface area contributed by atoms with Gasteiger partial charge in [-0.3, -0.25) is 4.68 Å². The second-order valence-electron chi connectivity index (χ2n) is 3.64. The van der Waals surface area contributed by atoms with Gasteiger partial charge in [-0.2, -0.15) is 5.10 Å². The number of nitrogens with one attached hydrogen (secondary N) is 1. The van der Waals surface area contributed by atoms with Gasteiger partial charge < -0.3 is 5.32 Å². The standard InChI is InChI=1S/C10H17N3S/c1-3-13-9(5-7-12-13)10-11-6-4-8(2)14-10/h5,7-8,10-11H,3-4,6H2,1-2H3. The first-order valence-electron chi connectivity index (χ1n) is 5.22. The number of nitrogens with zero attached hydrogens (tertiary/aromatic N) is 2. The Morgan fingerprint density at radius 2 is 2.57 bits per heavy atom. The van der Waals surface area contributed by atoms with Crippen LogP contribution in [0.1, 0.15) is 31.3 Å². The molecule has 2 rings (SSSR count). The lowest BCUT2D eigenvalue weighted by Crippen LogP contribution is -2.30. The van der Waals surface area contributed by atoms with E-state index in [2.05, 4.69) is 35.0 Å². The highest BCUT2D eigenvalue weighted by Gasteiger charge is 2.22. The molecule has 4 heteroatoms. The van der Waals surface area contributed by atoms with Crippen molar-refractivity contribution in [1.29, 1.82) is 0 Å². The van der Waals surface area contributed by atoms with E-state index in [4.69, 9.17) is 0 Å². The second-order valence-corrected chi connectivity index (χ2v) is 5.19. The van der Waals surface area contributed by atoms with Crippen molar-refractivity contribution in [2.75, 3.05) is 6.54 Å². The molecule has 2 heterocycles. The number of rotatable bonds is 2. The highest BCUT2D eigenvalue weighted by atomic mass is 32.2. The Morgan fingerprint density at radius 1 is 1.71 bits per heavy atom. The zero-order valence-corrected chi connectivity index (χ0v) is 9.55. The molecule has 2 atom stereocenters. The predicted molar refractivity (Wildman–Crippen MR) is 60.3 cm³/mol. The molecule has 1 aliphatic rings. The Labute approximate surface area is 89.3 Å². The van der Waals surface area contributed by atoms with Crippen LogP contribution in [0.3, 0.4) is 0 Å². The number of hydrogen-bond acceptors (Lipinski definition) is 3. The van der Waals surface area contributed by atoms with Gasteiger partial charge >= 0.3 is 0 Å². The average Bonchev–Trinajstić information content (AvgIpc) is 2.65. The van der Waals surface area contributed by atoms with E-state index in [1.807, 2.05) is 18.0 Å². The normalized spacial score (nSPS) is 27.9. The molecule has 1 aromatic rings. The van der Waals surface area contributed by atoms with E-state index >= 15 is 0 Å². The molecule has 0 spiro atoms. The maximum atomic E-state index is 4.30. The summed E-state index contributed by atoms with van der Waals surface area (Å²) >= 11 is 2.00. The summed E-state index contributed by atoms with van der Waals surface area (Å²) in [4.78, 5) is 0. The minimum Gasteiger partial charge on any atom is -0.300 e. The number of aromatic nitrogens is 2. The lowest BCUT2D eigenvalue weighted by molar-refractivity contribution is 0.548. The van der Waals surface area contributed by atoms with E-state index in [9.17, 15) is 0 Å². The van der Waals surface area contributed by atoms with E-state index in [-0.39, 0.29) is 0 Å². The molecule has 78 valence electrons. The summed E-state index contributed by atoms with van der Waals surface area (Å²) in [5, 5.41) is 9.01. The van der Waals surface area contributed by atoms with Crippen LogP contribution < -0.4 is 5.32 Å². The molecule has 14 heavy (non-hydrogen) atoms. The van der Waals surface area contributed by atoms with Crippen molar-refractivity contribution in [1.82, 2.24) is 15.1 Å². The van der Waals surface area contributed by atoms with Gasteiger partial charge in [0.15, 0.2) is 0 Å². The maximum Gasteiger partial charge on any atom is 0.0961 e. The van der Waals surface area contributed by atoms with Crippen LogP contribution in [0.5, 0.6) is 0 Å². The molecule has 0 bridgehead atoms. The first-order chi connectivity index (χ1) is 6.81. The van der Waals surface area contributed by atoms with Gasteiger partial charge in [-0.25, -0.2) is 0 Å². The quantitative estimate of drug-likeness (QED) is 0.811. The van der Waals surface area contributed by atoms with Gasteiger partial charge in [0.25, 0.3) is 0 Å². The molecule has 1 saturated heterocycles. The Bertz CT molecular complexity index is 297. The molecule has 1 aliphatic heterocycles. The SMILES string of the molecule is CCn1nccc1C1NCCC(C)S1. The fraction of sp³-hybridized carbons (Fsp3) is 0.700. The highest BCUT2D eigenvalue weighted by molar-refractivity contribution is 8.00. The van der Waals surface area contributed by atoms with Crippen molar-refractivity contribution in [3.05, 3.63) is 18.0 Å². The van der Waals surface area contributed by atoms with Gasteiger partial charge in [-0.05, 0) is 26.0 Å². The van der Waals surface area contributed by atoms with Crippen molar-refractivity contribution in [2.24, 2.45) is 0 Å². The summed E-state index contributed by atoms with van der Waals surface area (Å²) in [6.45, 7) is 6.50. The largest absolute Gasteiger partial charge is 0.300 e. The van der Waals surface area contributed by atoms with Crippen LogP contribution in [0.15, 0.2) is 12.3 Å². The summed E-state index contributed by atoms with van der Waals surface area (Å²) in [5.74, 6) is 0. The summed E-state index contributed by atoms with van der Waals surface area (Å²) in [5.41, 5.74) is 1.31. The van der Waals surface area contributed by atoms with Crippen molar-refractivity contribution < 1.29 is 0 Å². The molecular weight excluding hydrogens is 194 g/mol. The molecule has 1 aromatic heterocycles. The zero-order chi connectivity index (χ0) is 9.97. The van der Waals surface area contributed by atoms with Crippen LogP contribution in [0, 0.1) is 0 Å². The van der Waals surface area contributed by atoms with Gasteiger partial charge in [0.1, 0.15) is 0 Å². The van der Waals surface area contributed by atoms with E-state index in [0.29, 0.717) is 5.37 Å². The number of thioether (sulfide) groups is 1. The van der Waals surface area contributed by atoms with Gasteiger partial charge in [-0.1, -0.05) is 6.92 Å². The first kappa shape index (κ1) is 10.1. The Hall–Kier alpha value is -0.480. The van der Waals surface area contributed by atoms with Crippen LogP contribution in [-0.2, 0) is 6.54 Å². The Morgan fingerprint density at radius 3 is 3.29 bits per heavy atom. The monoisotopic (exact) mass is 211 g/mol. The van der Waals surface area contributed by atoms with Crippen molar-refractivity contribution in [3.63, 3.8) is 0 Å². The van der Waals surface area contributed by atoms with Crippen LogP contribution in [0.2, 0.25) is 0 Å². The van der Waals surface area contributed by atoms with Gasteiger partial charge in [0.05, 0.1) is 11.1 Å². The summed E-state index contributed by atoms with van der Waals surface area (Å²) in [6, 6.07) is 2.12. The summed E-state index contributed by atoms with van der Waals surface area (Å²) in [6.07, 6.45) is 3.15. The fourth-order valence-electron chi connectivity index (χ4n) is 1.77. The molecule has 1 N–H and O–H groups in total. The second kappa shape index (κ2) is 4.36. The average molecular weight is 211 g/mol. The topological polar surface area (TPSA) is 29.9 Å². The molecule has 3 nitrogen and oxygen atoms in total. The van der Waals surface area contributed by atoms with Crippen LogP contribution in [-0.4, -0.2) is 21.6 Å².